The molecule has 7 heteroatoms. The van der Waals surface area contributed by atoms with Crippen molar-refractivity contribution >= 4 is 17.6 Å². The number of rotatable bonds is 1. The number of halogens is 3. The number of hydrogen-bond donors (Lipinski definition) is 1. The molecule has 3 amide bonds. The van der Waals surface area contributed by atoms with Crippen molar-refractivity contribution in [3.05, 3.63) is 29.3 Å². The van der Waals surface area contributed by atoms with Gasteiger partial charge in [0.2, 0.25) is 0 Å². The van der Waals surface area contributed by atoms with Gasteiger partial charge < -0.3 is 5.32 Å². The van der Waals surface area contributed by atoms with Crippen LogP contribution in [0.3, 0.4) is 0 Å². The van der Waals surface area contributed by atoms with Gasteiger partial charge in [0, 0.05) is 0 Å². The number of anilines is 1. The predicted molar refractivity (Wildman–Crippen MR) is 57.1 cm³/mol. The molecule has 0 saturated carbocycles. The molecule has 1 heterocycles. The number of nitrogens with zero attached hydrogens (tertiary/aromatic N) is 1. The van der Waals surface area contributed by atoms with Gasteiger partial charge in [0.05, 0.1) is 17.8 Å². The SMILES string of the molecule is Cc1cc(C(F)(F)F)ccc1N1C(=O)CNC1=O. The molecule has 0 atom stereocenters. The standard InChI is InChI=1S/C11H9F3N2O2/c1-6-4-7(11(12,13)14)2-3-8(6)16-9(17)5-15-10(16)18/h2-4H,5H2,1H3,(H,15,18). The Morgan fingerprint density at radius 2 is 1.94 bits per heavy atom. The number of carbonyl (C=O) groups is 2. The van der Waals surface area contributed by atoms with E-state index in [4.69, 9.17) is 0 Å². The molecule has 1 aliphatic heterocycles. The number of imide groups is 1. The number of aryl methyl sites for hydroxylation is 1. The van der Waals surface area contributed by atoms with Crippen LogP contribution in [0.25, 0.3) is 0 Å². The van der Waals surface area contributed by atoms with Gasteiger partial charge in [0.1, 0.15) is 0 Å². The van der Waals surface area contributed by atoms with Crippen molar-refractivity contribution in [1.29, 1.82) is 0 Å². The molecule has 1 aromatic carbocycles. The minimum absolute atomic E-state index is 0.140. The second-order valence-electron chi connectivity index (χ2n) is 3.89. The van der Waals surface area contributed by atoms with Crippen LogP contribution >= 0.6 is 0 Å². The largest absolute Gasteiger partial charge is 0.416 e. The van der Waals surface area contributed by atoms with Gasteiger partial charge in [-0.15, -0.1) is 0 Å². The summed E-state index contributed by atoms with van der Waals surface area (Å²) in [5.74, 6) is -0.483. The van der Waals surface area contributed by atoms with Gasteiger partial charge >= 0.3 is 12.2 Å². The van der Waals surface area contributed by atoms with E-state index in [2.05, 4.69) is 5.32 Å². The lowest BCUT2D eigenvalue weighted by atomic mass is 10.1. The summed E-state index contributed by atoms with van der Waals surface area (Å²) in [5.41, 5.74) is -0.422. The molecule has 0 radical (unpaired) electrons. The van der Waals surface area contributed by atoms with Crippen LogP contribution in [0, 0.1) is 6.92 Å². The first-order valence-corrected chi connectivity index (χ1v) is 5.09. The summed E-state index contributed by atoms with van der Waals surface area (Å²) in [6, 6.07) is 2.26. The Kier molecular flexibility index (Phi) is 2.76. The van der Waals surface area contributed by atoms with E-state index < -0.39 is 23.7 Å². The molecular weight excluding hydrogens is 249 g/mol. The number of benzene rings is 1. The molecule has 1 fully saturated rings. The van der Waals surface area contributed by atoms with Crippen LogP contribution in [0.1, 0.15) is 11.1 Å². The normalized spacial score (nSPS) is 16.1. The van der Waals surface area contributed by atoms with Gasteiger partial charge in [0.15, 0.2) is 0 Å². The van der Waals surface area contributed by atoms with E-state index in [1.165, 1.54) is 6.92 Å². The Morgan fingerprint density at radius 3 is 2.39 bits per heavy atom. The van der Waals surface area contributed by atoms with E-state index in [1.807, 2.05) is 0 Å². The molecule has 1 saturated heterocycles. The van der Waals surface area contributed by atoms with Crippen molar-refractivity contribution in [3.63, 3.8) is 0 Å². The third-order valence-electron chi connectivity index (χ3n) is 2.61. The molecule has 0 spiro atoms. The van der Waals surface area contributed by atoms with E-state index in [0.717, 1.165) is 23.1 Å². The van der Waals surface area contributed by atoms with Crippen LogP contribution in [0.2, 0.25) is 0 Å². The van der Waals surface area contributed by atoms with Crippen molar-refractivity contribution < 1.29 is 22.8 Å². The Morgan fingerprint density at radius 1 is 1.28 bits per heavy atom. The smallest absolute Gasteiger partial charge is 0.328 e. The van der Waals surface area contributed by atoms with E-state index in [0.29, 0.717) is 0 Å². The molecule has 4 nitrogen and oxygen atoms in total. The fourth-order valence-electron chi connectivity index (χ4n) is 1.75. The van der Waals surface area contributed by atoms with Crippen molar-refractivity contribution in [2.45, 2.75) is 13.1 Å². The predicted octanol–water partition coefficient (Wildman–Crippen LogP) is 2.07. The summed E-state index contributed by atoms with van der Waals surface area (Å²) in [6.07, 6.45) is -4.44. The third-order valence-corrected chi connectivity index (χ3v) is 2.61. The van der Waals surface area contributed by atoms with Crippen molar-refractivity contribution in [2.75, 3.05) is 11.4 Å². The Hall–Kier alpha value is -2.05. The monoisotopic (exact) mass is 258 g/mol. The van der Waals surface area contributed by atoms with E-state index in [9.17, 15) is 22.8 Å². The number of nitrogens with one attached hydrogen (secondary N) is 1. The average Bonchev–Trinajstić information content (AvgIpc) is 2.58. The zero-order valence-corrected chi connectivity index (χ0v) is 9.34. The molecule has 0 aromatic heterocycles. The molecule has 1 aromatic rings. The molecule has 2 rings (SSSR count). The highest BCUT2D eigenvalue weighted by Gasteiger charge is 2.34. The maximum atomic E-state index is 12.5. The molecule has 1 N–H and O–H groups in total. The number of alkyl halides is 3. The Labute approximate surface area is 100 Å². The van der Waals surface area contributed by atoms with Crippen molar-refractivity contribution in [1.82, 2.24) is 5.32 Å². The quantitative estimate of drug-likeness (QED) is 0.784. The van der Waals surface area contributed by atoms with E-state index in [-0.39, 0.29) is 17.8 Å². The van der Waals surface area contributed by atoms with Crippen LogP contribution in [-0.2, 0) is 11.0 Å². The highest BCUT2D eigenvalue weighted by atomic mass is 19.4. The van der Waals surface area contributed by atoms with Gasteiger partial charge in [-0.05, 0) is 30.7 Å². The Balaban J connectivity index is 2.42. The molecule has 18 heavy (non-hydrogen) atoms. The van der Waals surface area contributed by atoms with Gasteiger partial charge in [-0.2, -0.15) is 13.2 Å². The molecular formula is C11H9F3N2O2. The Bertz CT molecular complexity index is 510. The first kappa shape index (κ1) is 12.4. The second kappa shape index (κ2) is 4.01. The maximum Gasteiger partial charge on any atom is 0.416 e. The highest BCUT2D eigenvalue weighted by molar-refractivity contribution is 6.20. The molecule has 96 valence electrons. The summed E-state index contributed by atoms with van der Waals surface area (Å²) in [7, 11) is 0. The summed E-state index contributed by atoms with van der Waals surface area (Å²) in [5, 5.41) is 2.31. The second-order valence-corrected chi connectivity index (χ2v) is 3.89. The van der Waals surface area contributed by atoms with Crippen LogP contribution in [0.15, 0.2) is 18.2 Å². The third kappa shape index (κ3) is 2.03. The highest BCUT2D eigenvalue weighted by Crippen LogP contribution is 2.33. The fourth-order valence-corrected chi connectivity index (χ4v) is 1.75. The van der Waals surface area contributed by atoms with E-state index >= 15 is 0 Å². The molecule has 1 aliphatic rings. The van der Waals surface area contributed by atoms with Crippen LogP contribution in [-0.4, -0.2) is 18.5 Å². The van der Waals surface area contributed by atoms with Crippen LogP contribution < -0.4 is 10.2 Å². The fraction of sp³-hybridized carbons (Fsp3) is 0.273. The minimum atomic E-state index is -4.44. The topological polar surface area (TPSA) is 49.4 Å². The lowest BCUT2D eigenvalue weighted by Crippen LogP contribution is -2.31. The van der Waals surface area contributed by atoms with Crippen molar-refractivity contribution in [2.24, 2.45) is 0 Å². The molecule has 0 bridgehead atoms. The van der Waals surface area contributed by atoms with Crippen LogP contribution in [0.4, 0.5) is 23.7 Å². The zero-order chi connectivity index (χ0) is 13.5. The van der Waals surface area contributed by atoms with Gasteiger partial charge in [-0.25, -0.2) is 9.69 Å². The number of hydrogen-bond acceptors (Lipinski definition) is 2. The summed E-state index contributed by atoms with van der Waals surface area (Å²) < 4.78 is 37.4. The van der Waals surface area contributed by atoms with Gasteiger partial charge in [-0.1, -0.05) is 0 Å². The minimum Gasteiger partial charge on any atom is -0.328 e. The molecule has 0 unspecified atom stereocenters. The summed E-state index contributed by atoms with van der Waals surface area (Å²) in [4.78, 5) is 23.7. The average molecular weight is 258 g/mol. The van der Waals surface area contributed by atoms with Crippen LogP contribution in [0.5, 0.6) is 0 Å². The first-order chi connectivity index (χ1) is 8.30. The first-order valence-electron chi connectivity index (χ1n) is 5.09. The van der Waals surface area contributed by atoms with E-state index in [1.54, 1.807) is 0 Å². The maximum absolute atomic E-state index is 12.5. The zero-order valence-electron chi connectivity index (χ0n) is 9.34. The van der Waals surface area contributed by atoms with Crippen molar-refractivity contribution in [3.8, 4) is 0 Å². The summed E-state index contributed by atoms with van der Waals surface area (Å²) in [6.45, 7) is 1.28. The number of urea groups is 1. The molecule has 0 aliphatic carbocycles. The number of amides is 3. The lowest BCUT2D eigenvalue weighted by molar-refractivity contribution is -0.137. The van der Waals surface area contributed by atoms with Gasteiger partial charge in [-0.3, -0.25) is 4.79 Å². The lowest BCUT2D eigenvalue weighted by Gasteiger charge is -2.16. The number of carbonyl (C=O) groups excluding carboxylic acids is 2. The summed E-state index contributed by atoms with van der Waals surface area (Å²) >= 11 is 0. The van der Waals surface area contributed by atoms with Gasteiger partial charge in [0.25, 0.3) is 5.91 Å².